The molecule has 1 aromatic rings. The van der Waals surface area contributed by atoms with Crippen LogP contribution < -0.4 is 5.32 Å². The summed E-state index contributed by atoms with van der Waals surface area (Å²) >= 11 is 0. The molecule has 0 aliphatic carbocycles. The summed E-state index contributed by atoms with van der Waals surface area (Å²) in [4.78, 5) is 51.4. The van der Waals surface area contributed by atoms with E-state index in [4.69, 9.17) is 4.74 Å². The van der Waals surface area contributed by atoms with E-state index in [0.29, 0.717) is 31.6 Å². The Morgan fingerprint density at radius 2 is 1.94 bits per heavy atom. The van der Waals surface area contributed by atoms with Crippen molar-refractivity contribution in [3.63, 3.8) is 0 Å². The van der Waals surface area contributed by atoms with E-state index in [2.05, 4.69) is 17.2 Å². The quantitative estimate of drug-likeness (QED) is 0.548. The average molecular weight is 423 g/mol. The molecule has 162 valence electrons. The standard InChI is InChI=1S/C23H25N3O5/c1-23(2,3)31-22(30)25-11-15(12-25)5-4-14-6-7-17-16(10-14)13-26(21(17)29)18-8-9-19(27)24-20(18)28/h6-7,10,15,18H,8-9,11-13H2,1-3H3,(H,24,27,28). The van der Waals surface area contributed by atoms with Crippen molar-refractivity contribution < 1.29 is 23.9 Å². The van der Waals surface area contributed by atoms with Crippen LogP contribution in [0.15, 0.2) is 18.2 Å². The molecule has 3 heterocycles. The maximum atomic E-state index is 12.7. The topological polar surface area (TPSA) is 96.0 Å². The Balaban J connectivity index is 1.38. The van der Waals surface area contributed by atoms with E-state index in [-0.39, 0.29) is 30.2 Å². The molecule has 2 saturated heterocycles. The number of piperidine rings is 1. The second-order valence-corrected chi connectivity index (χ2v) is 9.12. The maximum absolute atomic E-state index is 12.7. The zero-order valence-corrected chi connectivity index (χ0v) is 17.9. The number of nitrogens with one attached hydrogen (secondary N) is 1. The highest BCUT2D eigenvalue weighted by atomic mass is 16.6. The van der Waals surface area contributed by atoms with E-state index in [1.54, 1.807) is 17.0 Å². The Labute approximate surface area is 180 Å². The first-order valence-corrected chi connectivity index (χ1v) is 10.4. The van der Waals surface area contributed by atoms with Gasteiger partial charge in [0, 0.05) is 37.2 Å². The van der Waals surface area contributed by atoms with Gasteiger partial charge in [-0.2, -0.15) is 0 Å². The van der Waals surface area contributed by atoms with Gasteiger partial charge in [0.1, 0.15) is 11.6 Å². The Kier molecular flexibility index (Phi) is 5.21. The minimum atomic E-state index is -0.624. The number of ether oxygens (including phenoxy) is 1. The summed E-state index contributed by atoms with van der Waals surface area (Å²) in [7, 11) is 0. The third-order valence-corrected chi connectivity index (χ3v) is 5.48. The highest BCUT2D eigenvalue weighted by Gasteiger charge is 2.39. The van der Waals surface area contributed by atoms with Crippen molar-refractivity contribution in [1.29, 1.82) is 0 Å². The number of imide groups is 1. The van der Waals surface area contributed by atoms with Gasteiger partial charge in [0.25, 0.3) is 5.91 Å². The van der Waals surface area contributed by atoms with Crippen molar-refractivity contribution in [1.82, 2.24) is 15.1 Å². The number of amides is 4. The lowest BCUT2D eigenvalue weighted by Gasteiger charge is -2.37. The predicted octanol–water partition coefficient (Wildman–Crippen LogP) is 1.67. The fraction of sp³-hybridized carbons (Fsp3) is 0.478. The minimum Gasteiger partial charge on any atom is -0.444 e. The predicted molar refractivity (Wildman–Crippen MR) is 111 cm³/mol. The van der Waals surface area contributed by atoms with Gasteiger partial charge >= 0.3 is 6.09 Å². The maximum Gasteiger partial charge on any atom is 0.410 e. The van der Waals surface area contributed by atoms with Gasteiger partial charge < -0.3 is 14.5 Å². The number of benzene rings is 1. The number of hydrogen-bond acceptors (Lipinski definition) is 5. The molecule has 8 heteroatoms. The number of fused-ring (bicyclic) bond motifs is 1. The van der Waals surface area contributed by atoms with Gasteiger partial charge in [-0.1, -0.05) is 11.8 Å². The molecule has 1 N–H and O–H groups in total. The van der Waals surface area contributed by atoms with Gasteiger partial charge in [0.2, 0.25) is 11.8 Å². The zero-order valence-electron chi connectivity index (χ0n) is 17.9. The van der Waals surface area contributed by atoms with Crippen molar-refractivity contribution in [3.05, 3.63) is 34.9 Å². The van der Waals surface area contributed by atoms with E-state index in [9.17, 15) is 19.2 Å². The smallest absolute Gasteiger partial charge is 0.410 e. The van der Waals surface area contributed by atoms with Crippen molar-refractivity contribution in [2.45, 2.75) is 51.8 Å². The molecule has 1 atom stereocenters. The number of nitrogens with zero attached hydrogens (tertiary/aromatic N) is 2. The molecule has 3 aliphatic rings. The second-order valence-electron chi connectivity index (χ2n) is 9.12. The lowest BCUT2D eigenvalue weighted by molar-refractivity contribution is -0.136. The first-order valence-electron chi connectivity index (χ1n) is 10.4. The largest absolute Gasteiger partial charge is 0.444 e. The van der Waals surface area contributed by atoms with Crippen LogP contribution in [0, 0.1) is 17.8 Å². The molecule has 0 radical (unpaired) electrons. The van der Waals surface area contributed by atoms with Crippen LogP contribution in [0.3, 0.4) is 0 Å². The third kappa shape index (κ3) is 4.41. The molecule has 4 rings (SSSR count). The van der Waals surface area contributed by atoms with Crippen LogP contribution >= 0.6 is 0 Å². The lowest BCUT2D eigenvalue weighted by atomic mass is 10.0. The number of rotatable bonds is 1. The normalized spacial score (nSPS) is 21.1. The summed E-state index contributed by atoms with van der Waals surface area (Å²) in [6.45, 7) is 6.90. The van der Waals surface area contributed by atoms with Gasteiger partial charge in [-0.15, -0.1) is 0 Å². The third-order valence-electron chi connectivity index (χ3n) is 5.48. The minimum absolute atomic E-state index is 0.0855. The van der Waals surface area contributed by atoms with Crippen molar-refractivity contribution in [3.8, 4) is 11.8 Å². The van der Waals surface area contributed by atoms with Crippen molar-refractivity contribution in [2.24, 2.45) is 5.92 Å². The fourth-order valence-corrected chi connectivity index (χ4v) is 3.88. The van der Waals surface area contributed by atoms with Crippen LogP contribution in [-0.4, -0.2) is 58.3 Å². The molecular formula is C23H25N3O5. The van der Waals surface area contributed by atoms with Gasteiger partial charge in [-0.3, -0.25) is 19.7 Å². The molecule has 0 saturated carbocycles. The monoisotopic (exact) mass is 423 g/mol. The summed E-state index contributed by atoms with van der Waals surface area (Å²) in [6.07, 6.45) is 0.247. The SMILES string of the molecule is CC(C)(C)OC(=O)N1CC(C#Cc2ccc3c(c2)CN(C2CCC(=O)NC2=O)C3=O)C1. The molecule has 0 aromatic heterocycles. The number of hydrogen-bond donors (Lipinski definition) is 1. The van der Waals surface area contributed by atoms with Crippen LogP contribution in [0.1, 0.15) is 55.1 Å². The highest BCUT2D eigenvalue weighted by molar-refractivity contribution is 6.05. The van der Waals surface area contributed by atoms with Crippen LogP contribution in [0.4, 0.5) is 4.79 Å². The molecule has 1 aromatic carbocycles. The number of carbonyl (C=O) groups is 4. The van der Waals surface area contributed by atoms with Crippen molar-refractivity contribution >= 4 is 23.8 Å². The average Bonchev–Trinajstić information content (AvgIpc) is 2.95. The first-order chi connectivity index (χ1) is 14.6. The Morgan fingerprint density at radius 3 is 2.61 bits per heavy atom. The molecule has 31 heavy (non-hydrogen) atoms. The molecular weight excluding hydrogens is 398 g/mol. The summed E-state index contributed by atoms with van der Waals surface area (Å²) < 4.78 is 5.34. The highest BCUT2D eigenvalue weighted by Crippen LogP contribution is 2.28. The van der Waals surface area contributed by atoms with Crippen LogP contribution in [0.25, 0.3) is 0 Å². The first kappa shape index (κ1) is 20.9. The van der Waals surface area contributed by atoms with Gasteiger partial charge in [-0.05, 0) is 51.0 Å². The lowest BCUT2D eigenvalue weighted by Crippen LogP contribution is -2.52. The summed E-state index contributed by atoms with van der Waals surface area (Å²) in [6, 6.07) is 4.78. The molecule has 4 amide bonds. The van der Waals surface area contributed by atoms with E-state index >= 15 is 0 Å². The van der Waals surface area contributed by atoms with Gasteiger partial charge in [0.15, 0.2) is 0 Å². The Hall–Kier alpha value is -3.34. The second kappa shape index (κ2) is 7.73. The van der Waals surface area contributed by atoms with E-state index in [0.717, 1.165) is 11.1 Å². The van der Waals surface area contributed by atoms with Crippen LogP contribution in [-0.2, 0) is 20.9 Å². The number of carbonyl (C=O) groups excluding carboxylic acids is 4. The summed E-state index contributed by atoms with van der Waals surface area (Å²) in [5, 5.41) is 2.30. The molecule has 1 unspecified atom stereocenters. The Bertz CT molecular complexity index is 1020. The van der Waals surface area contributed by atoms with E-state index < -0.39 is 17.6 Å². The zero-order chi connectivity index (χ0) is 22.3. The van der Waals surface area contributed by atoms with Crippen LogP contribution in [0.5, 0.6) is 0 Å². The fourth-order valence-electron chi connectivity index (χ4n) is 3.88. The Morgan fingerprint density at radius 1 is 1.19 bits per heavy atom. The number of likely N-dealkylation sites (tertiary alicyclic amines) is 1. The van der Waals surface area contributed by atoms with Crippen LogP contribution in [0.2, 0.25) is 0 Å². The summed E-state index contributed by atoms with van der Waals surface area (Å²) in [5.74, 6) is 5.46. The van der Waals surface area contributed by atoms with Gasteiger partial charge in [-0.25, -0.2) is 4.79 Å². The molecule has 8 nitrogen and oxygen atoms in total. The van der Waals surface area contributed by atoms with E-state index in [1.165, 1.54) is 4.90 Å². The van der Waals surface area contributed by atoms with Crippen molar-refractivity contribution in [2.75, 3.05) is 13.1 Å². The molecule has 2 fully saturated rings. The summed E-state index contributed by atoms with van der Waals surface area (Å²) in [5.41, 5.74) is 1.66. The van der Waals surface area contributed by atoms with Gasteiger partial charge in [0.05, 0.1) is 5.92 Å². The molecule has 0 bridgehead atoms. The van der Waals surface area contributed by atoms with E-state index in [1.807, 2.05) is 26.8 Å². The molecule has 3 aliphatic heterocycles. The molecule has 0 spiro atoms.